The van der Waals surface area contributed by atoms with Crippen LogP contribution in [0.2, 0.25) is 0 Å². The summed E-state index contributed by atoms with van der Waals surface area (Å²) in [7, 11) is 1.66. The number of ether oxygens (including phenoxy) is 2. The zero-order chi connectivity index (χ0) is 20.9. The lowest BCUT2D eigenvalue weighted by Crippen LogP contribution is -2.41. The summed E-state index contributed by atoms with van der Waals surface area (Å²) < 4.78 is 12.6. The fourth-order valence-electron chi connectivity index (χ4n) is 4.43. The van der Waals surface area contributed by atoms with Crippen LogP contribution in [0.1, 0.15) is 54.7 Å². The maximum atomic E-state index is 13.0. The Morgan fingerprint density at radius 1 is 1.10 bits per heavy atom. The number of methoxy groups -OCH3 is 1. The van der Waals surface area contributed by atoms with E-state index in [0.717, 1.165) is 50.9 Å². The van der Waals surface area contributed by atoms with Gasteiger partial charge < -0.3 is 14.4 Å². The van der Waals surface area contributed by atoms with Gasteiger partial charge in [0.25, 0.3) is 11.5 Å². The monoisotopic (exact) mass is 413 g/mol. The molecule has 0 N–H and O–H groups in total. The number of likely N-dealkylation sites (tertiary alicyclic amines) is 1. The Morgan fingerprint density at radius 2 is 1.90 bits per heavy atom. The number of aryl methyl sites for hydroxylation is 1. The molecule has 30 heavy (non-hydrogen) atoms. The first-order valence-corrected chi connectivity index (χ1v) is 11.1. The number of amides is 1. The van der Waals surface area contributed by atoms with Crippen LogP contribution in [0.25, 0.3) is 10.9 Å². The number of carbonyl (C=O) groups is 1. The molecule has 0 saturated carbocycles. The highest BCUT2D eigenvalue weighted by Gasteiger charge is 2.24. The Balaban J connectivity index is 1.50. The molecule has 0 spiro atoms. The SMILES string of the molecule is COCCOC1CCN(C(=O)c2ccc3c(=O)n4c(nc3c2)CCCCCC4)CC1. The van der Waals surface area contributed by atoms with Crippen LogP contribution in [0, 0.1) is 0 Å². The highest BCUT2D eigenvalue weighted by Crippen LogP contribution is 2.20. The Labute approximate surface area is 177 Å². The van der Waals surface area contributed by atoms with Crippen molar-refractivity contribution in [2.45, 2.75) is 57.6 Å². The van der Waals surface area contributed by atoms with E-state index in [9.17, 15) is 9.59 Å². The summed E-state index contributed by atoms with van der Waals surface area (Å²) in [5.74, 6) is 0.853. The predicted octanol–water partition coefficient (Wildman–Crippen LogP) is 2.78. The Hall–Kier alpha value is -2.25. The van der Waals surface area contributed by atoms with Crippen molar-refractivity contribution in [2.75, 3.05) is 33.4 Å². The van der Waals surface area contributed by atoms with Crippen LogP contribution in [0.15, 0.2) is 23.0 Å². The van der Waals surface area contributed by atoms with Crippen molar-refractivity contribution in [1.29, 1.82) is 0 Å². The van der Waals surface area contributed by atoms with Gasteiger partial charge in [-0.3, -0.25) is 14.2 Å². The van der Waals surface area contributed by atoms with E-state index in [-0.39, 0.29) is 17.6 Å². The van der Waals surface area contributed by atoms with Gasteiger partial charge in [0, 0.05) is 38.7 Å². The van der Waals surface area contributed by atoms with Crippen LogP contribution in [0.5, 0.6) is 0 Å². The molecule has 0 radical (unpaired) electrons. The smallest absolute Gasteiger partial charge is 0.261 e. The number of rotatable bonds is 5. The van der Waals surface area contributed by atoms with Gasteiger partial charge in [0.15, 0.2) is 0 Å². The van der Waals surface area contributed by atoms with Crippen LogP contribution < -0.4 is 5.56 Å². The van der Waals surface area contributed by atoms with Gasteiger partial charge in [0.05, 0.1) is 30.2 Å². The lowest BCUT2D eigenvalue weighted by Gasteiger charge is -2.32. The van der Waals surface area contributed by atoms with Crippen LogP contribution >= 0.6 is 0 Å². The molecule has 0 aliphatic carbocycles. The lowest BCUT2D eigenvalue weighted by molar-refractivity contribution is -0.0122. The third-order valence-electron chi connectivity index (χ3n) is 6.18. The van der Waals surface area contributed by atoms with Crippen LogP contribution in [0.3, 0.4) is 0 Å². The van der Waals surface area contributed by atoms with Gasteiger partial charge in [-0.05, 0) is 43.9 Å². The second-order valence-corrected chi connectivity index (χ2v) is 8.24. The Morgan fingerprint density at radius 3 is 2.70 bits per heavy atom. The molecule has 4 rings (SSSR count). The standard InChI is InChI=1S/C23H31N3O4/c1-29-14-15-30-18-9-12-25(13-10-18)22(27)17-7-8-19-20(16-17)24-21-6-4-2-3-5-11-26(21)23(19)28/h7-8,16,18H,2-6,9-15H2,1H3. The maximum absolute atomic E-state index is 13.0. The minimum atomic E-state index is 0.000821. The topological polar surface area (TPSA) is 73.7 Å². The highest BCUT2D eigenvalue weighted by molar-refractivity contribution is 5.97. The largest absolute Gasteiger partial charge is 0.382 e. The summed E-state index contributed by atoms with van der Waals surface area (Å²) in [5.41, 5.74) is 1.25. The van der Waals surface area contributed by atoms with Crippen molar-refractivity contribution >= 4 is 16.8 Å². The van der Waals surface area contributed by atoms with Crippen molar-refractivity contribution in [3.05, 3.63) is 39.9 Å². The van der Waals surface area contributed by atoms with Gasteiger partial charge in [-0.25, -0.2) is 4.98 Å². The number of hydrogen-bond acceptors (Lipinski definition) is 5. The Kier molecular flexibility index (Phi) is 6.79. The molecule has 3 heterocycles. The molecule has 2 aliphatic heterocycles. The molecule has 1 aromatic carbocycles. The third-order valence-corrected chi connectivity index (χ3v) is 6.18. The first kappa shape index (κ1) is 21.0. The van der Waals surface area contributed by atoms with E-state index in [1.165, 1.54) is 6.42 Å². The number of carbonyl (C=O) groups excluding carboxylic acids is 1. The minimum Gasteiger partial charge on any atom is -0.382 e. The van der Waals surface area contributed by atoms with Gasteiger partial charge in [-0.15, -0.1) is 0 Å². The number of aromatic nitrogens is 2. The van der Waals surface area contributed by atoms with E-state index in [0.29, 0.717) is 42.8 Å². The van der Waals surface area contributed by atoms with Crippen molar-refractivity contribution in [3.8, 4) is 0 Å². The molecule has 1 saturated heterocycles. The quantitative estimate of drug-likeness (QED) is 0.705. The van der Waals surface area contributed by atoms with Crippen molar-refractivity contribution in [1.82, 2.24) is 14.5 Å². The fourth-order valence-corrected chi connectivity index (χ4v) is 4.43. The van der Waals surface area contributed by atoms with E-state index < -0.39 is 0 Å². The third kappa shape index (κ3) is 4.57. The maximum Gasteiger partial charge on any atom is 0.261 e. The van der Waals surface area contributed by atoms with Crippen LogP contribution in [-0.4, -0.2) is 59.9 Å². The van der Waals surface area contributed by atoms with Crippen LogP contribution in [0.4, 0.5) is 0 Å². The van der Waals surface area contributed by atoms with E-state index in [2.05, 4.69) is 0 Å². The summed E-state index contributed by atoms with van der Waals surface area (Å²) in [6.07, 6.45) is 7.07. The highest BCUT2D eigenvalue weighted by atomic mass is 16.5. The molecule has 1 aromatic heterocycles. The number of fused-ring (bicyclic) bond motifs is 2. The molecular formula is C23H31N3O4. The van der Waals surface area contributed by atoms with Gasteiger partial charge in [0.1, 0.15) is 5.82 Å². The molecule has 7 heteroatoms. The van der Waals surface area contributed by atoms with Crippen molar-refractivity contribution in [2.24, 2.45) is 0 Å². The van der Waals surface area contributed by atoms with E-state index in [4.69, 9.17) is 14.5 Å². The molecule has 0 atom stereocenters. The first-order valence-electron chi connectivity index (χ1n) is 11.1. The van der Waals surface area contributed by atoms with Gasteiger partial charge in [0.2, 0.25) is 0 Å². The minimum absolute atomic E-state index is 0.000821. The molecular weight excluding hydrogens is 382 g/mol. The molecule has 7 nitrogen and oxygen atoms in total. The van der Waals surface area contributed by atoms with Gasteiger partial charge in [-0.2, -0.15) is 0 Å². The number of benzene rings is 1. The fraction of sp³-hybridized carbons (Fsp3) is 0.609. The number of piperidine rings is 1. The average molecular weight is 414 g/mol. The molecule has 2 aromatic rings. The predicted molar refractivity (Wildman–Crippen MR) is 115 cm³/mol. The summed E-state index contributed by atoms with van der Waals surface area (Å²) in [6, 6.07) is 5.33. The molecule has 2 aliphatic rings. The summed E-state index contributed by atoms with van der Waals surface area (Å²) in [5, 5.41) is 0.598. The van der Waals surface area contributed by atoms with E-state index >= 15 is 0 Å². The molecule has 0 unspecified atom stereocenters. The summed E-state index contributed by atoms with van der Waals surface area (Å²) in [4.78, 5) is 32.7. The number of hydrogen-bond donors (Lipinski definition) is 0. The van der Waals surface area contributed by atoms with E-state index in [1.807, 2.05) is 9.47 Å². The van der Waals surface area contributed by atoms with Crippen molar-refractivity contribution < 1.29 is 14.3 Å². The zero-order valence-corrected chi connectivity index (χ0v) is 17.8. The molecule has 0 bridgehead atoms. The molecule has 162 valence electrons. The second-order valence-electron chi connectivity index (χ2n) is 8.24. The lowest BCUT2D eigenvalue weighted by atomic mass is 10.0. The second kappa shape index (κ2) is 9.71. The zero-order valence-electron chi connectivity index (χ0n) is 17.8. The average Bonchev–Trinajstić information content (AvgIpc) is 2.75. The normalized spacial score (nSPS) is 18.1. The van der Waals surface area contributed by atoms with Crippen LogP contribution in [-0.2, 0) is 22.4 Å². The van der Waals surface area contributed by atoms with E-state index in [1.54, 1.807) is 25.3 Å². The Bertz CT molecular complexity index is 947. The van der Waals surface area contributed by atoms with Gasteiger partial charge >= 0.3 is 0 Å². The molecule has 1 fully saturated rings. The summed E-state index contributed by atoms with van der Waals surface area (Å²) >= 11 is 0. The summed E-state index contributed by atoms with van der Waals surface area (Å²) in [6.45, 7) is 3.26. The van der Waals surface area contributed by atoms with Crippen molar-refractivity contribution in [3.63, 3.8) is 0 Å². The van der Waals surface area contributed by atoms with Gasteiger partial charge in [-0.1, -0.05) is 12.8 Å². The first-order chi connectivity index (χ1) is 14.7. The number of nitrogens with zero attached hydrogens (tertiary/aromatic N) is 3. The molecule has 1 amide bonds.